The molecule has 0 fully saturated rings. The molecule has 0 aliphatic rings. The second-order valence-electron chi connectivity index (χ2n) is 4.36. The molecule has 0 aliphatic heterocycles. The van der Waals surface area contributed by atoms with E-state index in [2.05, 4.69) is 10.4 Å². The normalized spacial score (nSPS) is 12.0. The van der Waals surface area contributed by atoms with Crippen molar-refractivity contribution in [2.75, 3.05) is 20.1 Å². The van der Waals surface area contributed by atoms with E-state index in [0.717, 1.165) is 6.42 Å². The van der Waals surface area contributed by atoms with Crippen LogP contribution in [-0.2, 0) is 16.6 Å². The summed E-state index contributed by atoms with van der Waals surface area (Å²) in [6.45, 7) is 2.47. The van der Waals surface area contributed by atoms with Crippen LogP contribution < -0.4 is 11.1 Å². The Hall–Kier alpha value is -1.89. The van der Waals surface area contributed by atoms with Gasteiger partial charge in [-0.1, -0.05) is 6.92 Å². The number of rotatable bonds is 6. The lowest BCUT2D eigenvalue weighted by atomic mass is 10.1. The van der Waals surface area contributed by atoms with E-state index in [1.54, 1.807) is 24.1 Å². The van der Waals surface area contributed by atoms with Gasteiger partial charge in [-0.2, -0.15) is 5.10 Å². The molecule has 1 rings (SSSR count). The van der Waals surface area contributed by atoms with E-state index in [4.69, 9.17) is 5.73 Å². The third kappa shape index (κ3) is 4.06. The number of likely N-dealkylation sites (N-methyl/N-ethyl adjacent to an activating group) is 1. The van der Waals surface area contributed by atoms with Gasteiger partial charge in [-0.25, -0.2) is 0 Å². The highest BCUT2D eigenvalue weighted by Crippen LogP contribution is 2.12. The number of hydrogen-bond acceptors (Lipinski definition) is 4. The molecule has 1 aromatic heterocycles. The number of amides is 2. The average Bonchev–Trinajstić information content (AvgIpc) is 2.83. The fraction of sp³-hybridized carbons (Fsp3) is 0.583. The van der Waals surface area contributed by atoms with E-state index < -0.39 is 6.04 Å². The predicted octanol–water partition coefficient (Wildman–Crippen LogP) is -0.595. The molecular weight excluding hydrogens is 246 g/mol. The summed E-state index contributed by atoms with van der Waals surface area (Å²) in [5.74, 6) is -0.473. The van der Waals surface area contributed by atoms with Gasteiger partial charge < -0.3 is 16.0 Å². The summed E-state index contributed by atoms with van der Waals surface area (Å²) in [4.78, 5) is 25.1. The summed E-state index contributed by atoms with van der Waals surface area (Å²) >= 11 is 0. The van der Waals surface area contributed by atoms with E-state index in [1.807, 2.05) is 6.92 Å². The summed E-state index contributed by atoms with van der Waals surface area (Å²) in [6.07, 6.45) is 4.03. The molecular formula is C12H21N5O2. The highest BCUT2D eigenvalue weighted by Gasteiger charge is 2.24. The van der Waals surface area contributed by atoms with Gasteiger partial charge in [0, 0.05) is 32.4 Å². The topological polar surface area (TPSA) is 93.2 Å². The molecule has 0 spiro atoms. The first-order chi connectivity index (χ1) is 8.99. The molecule has 1 aromatic rings. The summed E-state index contributed by atoms with van der Waals surface area (Å²) < 4.78 is 1.59. The molecule has 1 heterocycles. The van der Waals surface area contributed by atoms with Crippen molar-refractivity contribution in [3.63, 3.8) is 0 Å². The lowest BCUT2D eigenvalue weighted by Crippen LogP contribution is -2.44. The second kappa shape index (κ2) is 6.89. The fourth-order valence-corrected chi connectivity index (χ4v) is 1.73. The number of carbonyl (C=O) groups excluding carboxylic acids is 2. The lowest BCUT2D eigenvalue weighted by Gasteiger charge is -2.24. The minimum Gasteiger partial charge on any atom is -0.358 e. The number of nitrogens with zero attached hydrogens (tertiary/aromatic N) is 3. The largest absolute Gasteiger partial charge is 0.358 e. The average molecular weight is 267 g/mol. The Kier molecular flexibility index (Phi) is 5.50. The van der Waals surface area contributed by atoms with Crippen molar-refractivity contribution in [1.82, 2.24) is 20.0 Å². The highest BCUT2D eigenvalue weighted by molar-refractivity contribution is 5.88. The second-order valence-corrected chi connectivity index (χ2v) is 4.36. The van der Waals surface area contributed by atoms with Crippen LogP contribution in [0.15, 0.2) is 12.4 Å². The molecule has 1 atom stereocenters. The number of aromatic nitrogens is 2. The Morgan fingerprint density at radius 3 is 2.74 bits per heavy atom. The quantitative estimate of drug-likeness (QED) is 0.720. The van der Waals surface area contributed by atoms with Gasteiger partial charge in [0.1, 0.15) is 6.04 Å². The summed E-state index contributed by atoms with van der Waals surface area (Å²) in [6, 6.07) is -0.787. The van der Waals surface area contributed by atoms with Crippen molar-refractivity contribution < 1.29 is 9.59 Å². The zero-order valence-corrected chi connectivity index (χ0v) is 11.6. The smallest absolute Gasteiger partial charge is 0.244 e. The van der Waals surface area contributed by atoms with Gasteiger partial charge in [0.05, 0.1) is 12.7 Å². The fourth-order valence-electron chi connectivity index (χ4n) is 1.73. The Morgan fingerprint density at radius 1 is 1.58 bits per heavy atom. The van der Waals surface area contributed by atoms with Crippen molar-refractivity contribution in [3.8, 4) is 0 Å². The number of hydrogen-bond donors (Lipinski definition) is 2. The van der Waals surface area contributed by atoms with Crippen LogP contribution in [0.5, 0.6) is 0 Å². The lowest BCUT2D eigenvalue weighted by molar-refractivity contribution is -0.137. The van der Waals surface area contributed by atoms with Gasteiger partial charge in [0.25, 0.3) is 0 Å². The van der Waals surface area contributed by atoms with Gasteiger partial charge >= 0.3 is 0 Å². The first-order valence-electron chi connectivity index (χ1n) is 6.23. The van der Waals surface area contributed by atoms with E-state index in [-0.39, 0.29) is 18.4 Å². The molecule has 0 aromatic carbocycles. The number of nitrogens with two attached hydrogens (primary N) is 1. The Bertz CT molecular complexity index is 443. The third-order valence-corrected chi connectivity index (χ3v) is 2.77. The Balaban J connectivity index is 2.77. The zero-order chi connectivity index (χ0) is 14.4. The molecule has 0 radical (unpaired) electrons. The first kappa shape index (κ1) is 15.2. The highest BCUT2D eigenvalue weighted by atomic mass is 16.2. The molecule has 3 N–H and O–H groups in total. The van der Waals surface area contributed by atoms with E-state index in [0.29, 0.717) is 12.1 Å². The van der Waals surface area contributed by atoms with Gasteiger partial charge in [0.15, 0.2) is 0 Å². The zero-order valence-electron chi connectivity index (χ0n) is 11.6. The van der Waals surface area contributed by atoms with Crippen LogP contribution in [0.2, 0.25) is 0 Å². The monoisotopic (exact) mass is 267 g/mol. The van der Waals surface area contributed by atoms with Crippen LogP contribution in [0.1, 0.15) is 24.9 Å². The number of carbonyl (C=O) groups is 2. The summed E-state index contributed by atoms with van der Waals surface area (Å²) in [5.41, 5.74) is 6.57. The van der Waals surface area contributed by atoms with Gasteiger partial charge in [-0.3, -0.25) is 14.3 Å². The molecule has 0 aliphatic carbocycles. The molecule has 0 saturated carbocycles. The van der Waals surface area contributed by atoms with Crippen molar-refractivity contribution in [1.29, 1.82) is 0 Å². The minimum atomic E-state index is -0.787. The molecule has 7 heteroatoms. The van der Waals surface area contributed by atoms with Gasteiger partial charge in [0.2, 0.25) is 11.8 Å². The molecule has 19 heavy (non-hydrogen) atoms. The van der Waals surface area contributed by atoms with Crippen molar-refractivity contribution in [2.24, 2.45) is 12.8 Å². The maximum Gasteiger partial charge on any atom is 0.244 e. The minimum absolute atomic E-state index is 0.0249. The van der Waals surface area contributed by atoms with Gasteiger partial charge in [-0.05, 0) is 6.42 Å². The van der Waals surface area contributed by atoms with Crippen LogP contribution >= 0.6 is 0 Å². The third-order valence-electron chi connectivity index (χ3n) is 2.77. The number of nitrogens with one attached hydrogen (secondary N) is 1. The Labute approximate surface area is 112 Å². The van der Waals surface area contributed by atoms with Crippen LogP contribution in [0.3, 0.4) is 0 Å². The molecule has 0 bridgehead atoms. The van der Waals surface area contributed by atoms with Crippen molar-refractivity contribution in [3.05, 3.63) is 18.0 Å². The maximum atomic E-state index is 12.3. The molecule has 106 valence electrons. The van der Waals surface area contributed by atoms with Gasteiger partial charge in [-0.15, -0.1) is 0 Å². The van der Waals surface area contributed by atoms with Crippen molar-refractivity contribution >= 4 is 11.8 Å². The standard InChI is InChI=1S/C12H21N5O2/c1-4-5-17(8-10(18)14-2)12(19)11(13)9-6-15-16(3)7-9/h6-7,11H,4-5,8,13H2,1-3H3,(H,14,18). The molecule has 7 nitrogen and oxygen atoms in total. The molecule has 1 unspecified atom stereocenters. The first-order valence-corrected chi connectivity index (χ1v) is 6.23. The number of aryl methyl sites for hydroxylation is 1. The predicted molar refractivity (Wildman–Crippen MR) is 71.1 cm³/mol. The SMILES string of the molecule is CCCN(CC(=O)NC)C(=O)C(N)c1cnn(C)c1. The maximum absolute atomic E-state index is 12.3. The van der Waals surface area contributed by atoms with E-state index in [9.17, 15) is 9.59 Å². The van der Waals surface area contributed by atoms with Crippen LogP contribution in [0, 0.1) is 0 Å². The molecule has 2 amide bonds. The summed E-state index contributed by atoms with van der Waals surface area (Å²) in [5, 5.41) is 6.49. The van der Waals surface area contributed by atoms with E-state index in [1.165, 1.54) is 11.9 Å². The Morgan fingerprint density at radius 2 is 2.26 bits per heavy atom. The van der Waals surface area contributed by atoms with Crippen LogP contribution in [0.25, 0.3) is 0 Å². The van der Waals surface area contributed by atoms with Crippen LogP contribution in [-0.4, -0.2) is 46.6 Å². The summed E-state index contributed by atoms with van der Waals surface area (Å²) in [7, 11) is 3.30. The van der Waals surface area contributed by atoms with E-state index >= 15 is 0 Å². The molecule has 0 saturated heterocycles. The van der Waals surface area contributed by atoms with Crippen LogP contribution in [0.4, 0.5) is 0 Å². The van der Waals surface area contributed by atoms with Crippen molar-refractivity contribution in [2.45, 2.75) is 19.4 Å².